The van der Waals surface area contributed by atoms with E-state index in [9.17, 15) is 9.59 Å². The van der Waals surface area contributed by atoms with Crippen LogP contribution < -0.4 is 5.32 Å². The van der Waals surface area contributed by atoms with E-state index in [2.05, 4.69) is 20.4 Å². The molecule has 1 fully saturated rings. The van der Waals surface area contributed by atoms with Crippen molar-refractivity contribution in [1.82, 2.24) is 30.0 Å². The van der Waals surface area contributed by atoms with Gasteiger partial charge in [-0.2, -0.15) is 5.10 Å². The maximum Gasteiger partial charge on any atom is 0.257 e. The molecular weight excluding hydrogens is 360 g/mol. The molecule has 0 aromatic carbocycles. The Kier molecular flexibility index (Phi) is 5.14. The molecule has 1 aliphatic rings. The van der Waals surface area contributed by atoms with Crippen molar-refractivity contribution in [2.24, 2.45) is 5.92 Å². The minimum Gasteiger partial charge on any atom is -0.472 e. The summed E-state index contributed by atoms with van der Waals surface area (Å²) in [5, 5.41) is 6.97. The maximum absolute atomic E-state index is 12.6. The fourth-order valence-electron chi connectivity index (χ4n) is 3.26. The zero-order valence-corrected chi connectivity index (χ0v) is 15.2. The van der Waals surface area contributed by atoms with Crippen molar-refractivity contribution in [2.75, 3.05) is 13.1 Å². The molecule has 1 unspecified atom stereocenters. The number of piperidine rings is 1. The highest BCUT2D eigenvalue weighted by Gasteiger charge is 2.29. The van der Waals surface area contributed by atoms with Crippen LogP contribution in [0.1, 0.15) is 28.8 Å². The van der Waals surface area contributed by atoms with Crippen LogP contribution in [0.4, 0.5) is 0 Å². The molecule has 0 bridgehead atoms. The number of aromatic nitrogens is 4. The van der Waals surface area contributed by atoms with Gasteiger partial charge in [-0.3, -0.25) is 9.59 Å². The number of carbonyl (C=O) groups excluding carboxylic acids is 2. The Morgan fingerprint density at radius 1 is 1.29 bits per heavy atom. The summed E-state index contributed by atoms with van der Waals surface area (Å²) in [5.74, 6) is 0.296. The standard InChI is InChI=1S/C19H20N6O3/c26-18(15-2-1-6-24(10-15)19(27)16-5-7-28-11-16)22-9-14-3-4-17(21-8-14)25-13-20-12-23-25/h3-5,7-8,11-13,15H,1-2,6,9-10H2,(H,22,26). The molecule has 1 saturated heterocycles. The third-order valence-electron chi connectivity index (χ3n) is 4.78. The van der Waals surface area contributed by atoms with Crippen molar-refractivity contribution in [3.63, 3.8) is 0 Å². The van der Waals surface area contributed by atoms with Gasteiger partial charge in [0.05, 0.1) is 17.7 Å². The van der Waals surface area contributed by atoms with E-state index in [4.69, 9.17) is 4.42 Å². The first kappa shape index (κ1) is 17.9. The van der Waals surface area contributed by atoms with Crippen LogP contribution in [0.2, 0.25) is 0 Å². The summed E-state index contributed by atoms with van der Waals surface area (Å²) < 4.78 is 6.54. The van der Waals surface area contributed by atoms with Gasteiger partial charge in [0, 0.05) is 25.8 Å². The van der Waals surface area contributed by atoms with Crippen LogP contribution in [-0.4, -0.2) is 49.6 Å². The van der Waals surface area contributed by atoms with Crippen LogP contribution in [0, 0.1) is 5.92 Å². The van der Waals surface area contributed by atoms with Gasteiger partial charge in [0.25, 0.3) is 5.91 Å². The first-order chi connectivity index (χ1) is 13.7. The monoisotopic (exact) mass is 380 g/mol. The molecule has 2 amide bonds. The molecule has 0 radical (unpaired) electrons. The maximum atomic E-state index is 12.6. The van der Waals surface area contributed by atoms with Gasteiger partial charge in [-0.1, -0.05) is 6.07 Å². The fourth-order valence-corrected chi connectivity index (χ4v) is 3.26. The molecule has 1 N–H and O–H groups in total. The summed E-state index contributed by atoms with van der Waals surface area (Å²) >= 11 is 0. The molecule has 0 saturated carbocycles. The summed E-state index contributed by atoms with van der Waals surface area (Å²) in [4.78, 5) is 34.9. The Morgan fingerprint density at radius 3 is 2.93 bits per heavy atom. The van der Waals surface area contributed by atoms with E-state index in [1.54, 1.807) is 28.2 Å². The molecular formula is C19H20N6O3. The highest BCUT2D eigenvalue weighted by Crippen LogP contribution is 2.19. The summed E-state index contributed by atoms with van der Waals surface area (Å²) in [6.45, 7) is 1.45. The Hall–Kier alpha value is -3.49. The molecule has 144 valence electrons. The zero-order chi connectivity index (χ0) is 19.3. The lowest BCUT2D eigenvalue weighted by Gasteiger charge is -2.31. The van der Waals surface area contributed by atoms with E-state index in [1.165, 1.54) is 18.9 Å². The van der Waals surface area contributed by atoms with Gasteiger partial charge in [-0.05, 0) is 30.5 Å². The van der Waals surface area contributed by atoms with Gasteiger partial charge in [0.1, 0.15) is 18.9 Å². The van der Waals surface area contributed by atoms with Crippen molar-refractivity contribution in [2.45, 2.75) is 19.4 Å². The average Bonchev–Trinajstić information content (AvgIpc) is 3.46. The molecule has 9 heteroatoms. The highest BCUT2D eigenvalue weighted by atomic mass is 16.3. The van der Waals surface area contributed by atoms with E-state index in [0.717, 1.165) is 18.4 Å². The summed E-state index contributed by atoms with van der Waals surface area (Å²) in [5.41, 5.74) is 1.40. The second-order valence-electron chi connectivity index (χ2n) is 6.68. The number of pyridine rings is 1. The number of nitrogens with zero attached hydrogens (tertiary/aromatic N) is 5. The molecule has 4 rings (SSSR count). The lowest BCUT2D eigenvalue weighted by molar-refractivity contribution is -0.126. The van der Waals surface area contributed by atoms with Crippen LogP contribution in [0.15, 0.2) is 54.0 Å². The van der Waals surface area contributed by atoms with Gasteiger partial charge in [0.2, 0.25) is 5.91 Å². The predicted octanol–water partition coefficient (Wildman–Crippen LogP) is 1.42. The first-order valence-electron chi connectivity index (χ1n) is 9.10. The van der Waals surface area contributed by atoms with E-state index in [-0.39, 0.29) is 17.7 Å². The molecule has 9 nitrogen and oxygen atoms in total. The number of hydrogen-bond acceptors (Lipinski definition) is 6. The summed E-state index contributed by atoms with van der Waals surface area (Å²) in [7, 11) is 0. The van der Waals surface area contributed by atoms with E-state index < -0.39 is 0 Å². The largest absolute Gasteiger partial charge is 0.472 e. The van der Waals surface area contributed by atoms with Crippen molar-refractivity contribution >= 4 is 11.8 Å². The lowest BCUT2D eigenvalue weighted by atomic mass is 9.96. The Bertz CT molecular complexity index is 921. The first-order valence-corrected chi connectivity index (χ1v) is 9.10. The molecule has 28 heavy (non-hydrogen) atoms. The summed E-state index contributed by atoms with van der Waals surface area (Å²) in [6.07, 6.45) is 9.20. The number of carbonyl (C=O) groups is 2. The summed E-state index contributed by atoms with van der Waals surface area (Å²) in [6, 6.07) is 5.35. The normalized spacial score (nSPS) is 16.7. The van der Waals surface area contributed by atoms with Crippen LogP contribution in [0.25, 0.3) is 5.82 Å². The van der Waals surface area contributed by atoms with E-state index in [1.807, 2.05) is 12.1 Å². The molecule has 0 spiro atoms. The minimum atomic E-state index is -0.216. The second kappa shape index (κ2) is 8.03. The lowest BCUT2D eigenvalue weighted by Crippen LogP contribution is -2.45. The predicted molar refractivity (Wildman–Crippen MR) is 98.3 cm³/mol. The third-order valence-corrected chi connectivity index (χ3v) is 4.78. The average molecular weight is 380 g/mol. The van der Waals surface area contributed by atoms with Gasteiger partial charge in [-0.15, -0.1) is 0 Å². The smallest absolute Gasteiger partial charge is 0.257 e. The van der Waals surface area contributed by atoms with Crippen LogP contribution in [0.3, 0.4) is 0 Å². The van der Waals surface area contributed by atoms with Crippen molar-refractivity contribution in [3.8, 4) is 5.82 Å². The molecule has 1 atom stereocenters. The number of nitrogens with one attached hydrogen (secondary N) is 1. The van der Waals surface area contributed by atoms with Gasteiger partial charge in [0.15, 0.2) is 5.82 Å². The molecule has 3 aromatic rings. The second-order valence-corrected chi connectivity index (χ2v) is 6.68. The van der Waals surface area contributed by atoms with Gasteiger partial charge in [-0.25, -0.2) is 14.6 Å². The molecule has 0 aliphatic carbocycles. The number of amides is 2. The fraction of sp³-hybridized carbons (Fsp3) is 0.316. The molecule has 4 heterocycles. The van der Waals surface area contributed by atoms with Gasteiger partial charge < -0.3 is 14.6 Å². The Morgan fingerprint density at radius 2 is 2.21 bits per heavy atom. The van der Waals surface area contributed by atoms with Crippen molar-refractivity contribution < 1.29 is 14.0 Å². The van der Waals surface area contributed by atoms with Crippen molar-refractivity contribution in [3.05, 3.63) is 60.7 Å². The highest BCUT2D eigenvalue weighted by molar-refractivity contribution is 5.94. The number of likely N-dealkylation sites (tertiary alicyclic amines) is 1. The molecule has 3 aromatic heterocycles. The SMILES string of the molecule is O=C(NCc1ccc(-n2cncn2)nc1)C1CCCN(C(=O)c2ccoc2)C1. The van der Waals surface area contributed by atoms with E-state index >= 15 is 0 Å². The van der Waals surface area contributed by atoms with Crippen LogP contribution >= 0.6 is 0 Å². The van der Waals surface area contributed by atoms with Crippen LogP contribution in [0.5, 0.6) is 0 Å². The number of furan rings is 1. The molecule has 1 aliphatic heterocycles. The topological polar surface area (TPSA) is 106 Å². The van der Waals surface area contributed by atoms with Crippen LogP contribution in [-0.2, 0) is 11.3 Å². The quantitative estimate of drug-likeness (QED) is 0.718. The number of hydrogen-bond donors (Lipinski definition) is 1. The van der Waals surface area contributed by atoms with Crippen molar-refractivity contribution in [1.29, 1.82) is 0 Å². The Labute approximate surface area is 161 Å². The van der Waals surface area contributed by atoms with Gasteiger partial charge >= 0.3 is 0 Å². The van der Waals surface area contributed by atoms with E-state index in [0.29, 0.717) is 31.0 Å². The zero-order valence-electron chi connectivity index (χ0n) is 15.2. The Balaban J connectivity index is 1.31. The third kappa shape index (κ3) is 3.93. The minimum absolute atomic E-state index is 0.0509. The number of rotatable bonds is 5.